The van der Waals surface area contributed by atoms with E-state index in [0.717, 1.165) is 42.6 Å². The highest BCUT2D eigenvalue weighted by molar-refractivity contribution is 7.11. The van der Waals surface area contributed by atoms with Gasteiger partial charge in [-0.25, -0.2) is 15.0 Å². The van der Waals surface area contributed by atoms with E-state index in [1.807, 2.05) is 0 Å². The summed E-state index contributed by atoms with van der Waals surface area (Å²) in [5.74, 6) is 1.31. The number of aryl methyl sites for hydroxylation is 2. The highest BCUT2D eigenvalue weighted by atomic mass is 32.1. The topological polar surface area (TPSA) is 62.2 Å². The van der Waals surface area contributed by atoms with Crippen molar-refractivity contribution in [2.24, 2.45) is 4.99 Å². The Kier molecular flexibility index (Phi) is 7.84. The van der Waals surface area contributed by atoms with Crippen LogP contribution >= 0.6 is 22.7 Å². The van der Waals surface area contributed by atoms with Crippen molar-refractivity contribution in [2.45, 2.75) is 59.9 Å². The van der Waals surface area contributed by atoms with Crippen molar-refractivity contribution in [3.8, 4) is 0 Å². The molecule has 2 aromatic rings. The van der Waals surface area contributed by atoms with Crippen LogP contribution in [0.4, 0.5) is 0 Å². The zero-order chi connectivity index (χ0) is 18.2. The lowest BCUT2D eigenvalue weighted by Gasteiger charge is -2.10. The summed E-state index contributed by atoms with van der Waals surface area (Å²) < 4.78 is 0. The number of aromatic nitrogens is 2. The first kappa shape index (κ1) is 19.8. The van der Waals surface area contributed by atoms with Gasteiger partial charge in [0.05, 0.1) is 22.9 Å². The maximum Gasteiger partial charge on any atom is 0.191 e. The summed E-state index contributed by atoms with van der Waals surface area (Å²) in [5.41, 5.74) is 2.38. The van der Waals surface area contributed by atoms with Crippen LogP contribution in [-0.4, -0.2) is 29.0 Å². The van der Waals surface area contributed by atoms with Crippen molar-refractivity contribution in [3.63, 3.8) is 0 Å². The maximum absolute atomic E-state index is 4.69. The summed E-state index contributed by atoms with van der Waals surface area (Å²) in [6.45, 7) is 13.0. The molecule has 2 N–H and O–H groups in total. The molecule has 2 heterocycles. The number of thiazole rings is 2. The van der Waals surface area contributed by atoms with Gasteiger partial charge in [0.15, 0.2) is 5.96 Å². The summed E-state index contributed by atoms with van der Waals surface area (Å²) in [5, 5.41) is 11.1. The Morgan fingerprint density at radius 2 is 2.00 bits per heavy atom. The molecule has 0 saturated carbocycles. The van der Waals surface area contributed by atoms with E-state index in [1.165, 1.54) is 15.6 Å². The molecule has 0 aliphatic heterocycles. The van der Waals surface area contributed by atoms with Gasteiger partial charge in [-0.3, -0.25) is 0 Å². The molecule has 0 bridgehead atoms. The van der Waals surface area contributed by atoms with Crippen molar-refractivity contribution in [2.75, 3.05) is 13.1 Å². The molecule has 2 aromatic heterocycles. The molecule has 0 radical (unpaired) electrons. The Bertz CT molecular complexity index is 687. The van der Waals surface area contributed by atoms with E-state index in [9.17, 15) is 0 Å². The Balaban J connectivity index is 1.88. The molecule has 25 heavy (non-hydrogen) atoms. The first-order valence-corrected chi connectivity index (χ1v) is 10.6. The number of aliphatic imine (C=N–C) groups is 1. The van der Waals surface area contributed by atoms with E-state index in [0.29, 0.717) is 12.5 Å². The van der Waals surface area contributed by atoms with E-state index in [1.54, 1.807) is 22.7 Å². The minimum atomic E-state index is 0.468. The lowest BCUT2D eigenvalue weighted by molar-refractivity contribution is 0.789. The third-order valence-electron chi connectivity index (χ3n) is 3.78. The summed E-state index contributed by atoms with van der Waals surface area (Å²) >= 11 is 3.48. The Labute approximate surface area is 159 Å². The van der Waals surface area contributed by atoms with Crippen LogP contribution in [0.3, 0.4) is 0 Å². The molecule has 0 aliphatic rings. The van der Waals surface area contributed by atoms with Gasteiger partial charge >= 0.3 is 0 Å². The molecule has 5 nitrogen and oxygen atoms in total. The molecule has 0 saturated heterocycles. The number of hydrogen-bond donors (Lipinski definition) is 2. The zero-order valence-electron chi connectivity index (χ0n) is 15.8. The number of hydrogen-bond acceptors (Lipinski definition) is 5. The van der Waals surface area contributed by atoms with E-state index < -0.39 is 0 Å². The monoisotopic (exact) mass is 379 g/mol. The SMILES string of the molecule is CCNC(=NCc1nc(C(C)C)cs1)NCCc1nc(CC)c(C)s1. The van der Waals surface area contributed by atoms with Crippen LogP contribution < -0.4 is 10.6 Å². The highest BCUT2D eigenvalue weighted by Gasteiger charge is 2.07. The third-order valence-corrected chi connectivity index (χ3v) is 5.71. The average molecular weight is 380 g/mol. The Morgan fingerprint density at radius 3 is 2.60 bits per heavy atom. The smallest absolute Gasteiger partial charge is 0.191 e. The van der Waals surface area contributed by atoms with Gasteiger partial charge in [0.2, 0.25) is 0 Å². The lowest BCUT2D eigenvalue weighted by atomic mass is 10.2. The molecular formula is C18H29N5S2. The predicted molar refractivity (Wildman–Crippen MR) is 109 cm³/mol. The number of rotatable bonds is 8. The van der Waals surface area contributed by atoms with E-state index in [4.69, 9.17) is 4.98 Å². The van der Waals surface area contributed by atoms with Crippen molar-refractivity contribution >= 4 is 28.6 Å². The maximum atomic E-state index is 4.69. The van der Waals surface area contributed by atoms with Gasteiger partial charge in [-0.05, 0) is 26.2 Å². The third kappa shape index (κ3) is 6.08. The standard InChI is InChI=1S/C18H29N5S2/c1-6-14-13(5)25-16(22-14)8-9-20-18(19-7-2)21-10-17-23-15(11-24-17)12(3)4/h11-12H,6-10H2,1-5H3,(H2,19,20,21). The number of nitrogens with zero attached hydrogens (tertiary/aromatic N) is 3. The van der Waals surface area contributed by atoms with E-state index in [-0.39, 0.29) is 0 Å². The van der Waals surface area contributed by atoms with Crippen molar-refractivity contribution in [3.05, 3.63) is 31.7 Å². The molecule has 0 spiro atoms. The van der Waals surface area contributed by atoms with Gasteiger partial charge in [-0.1, -0.05) is 20.8 Å². The molecule has 0 aliphatic carbocycles. The van der Waals surface area contributed by atoms with Crippen LogP contribution in [0.2, 0.25) is 0 Å². The average Bonchev–Trinajstić information content (AvgIpc) is 3.19. The molecule has 7 heteroatoms. The first-order valence-electron chi connectivity index (χ1n) is 8.95. The van der Waals surface area contributed by atoms with Crippen LogP contribution in [-0.2, 0) is 19.4 Å². The van der Waals surface area contributed by atoms with E-state index in [2.05, 4.69) is 60.6 Å². The second-order valence-corrected chi connectivity index (χ2v) is 8.39. The Hall–Kier alpha value is -1.47. The van der Waals surface area contributed by atoms with Crippen molar-refractivity contribution in [1.82, 2.24) is 20.6 Å². The quantitative estimate of drug-likeness (QED) is 0.539. The fourth-order valence-electron chi connectivity index (χ4n) is 2.36. The van der Waals surface area contributed by atoms with Crippen LogP contribution in [0.15, 0.2) is 10.4 Å². The molecular weight excluding hydrogens is 350 g/mol. The van der Waals surface area contributed by atoms with Crippen LogP contribution in [0.5, 0.6) is 0 Å². The Morgan fingerprint density at radius 1 is 1.20 bits per heavy atom. The van der Waals surface area contributed by atoms with Gasteiger partial charge in [0.25, 0.3) is 0 Å². The van der Waals surface area contributed by atoms with E-state index >= 15 is 0 Å². The second-order valence-electron chi connectivity index (χ2n) is 6.16. The largest absolute Gasteiger partial charge is 0.357 e. The van der Waals surface area contributed by atoms with Crippen LogP contribution in [0.1, 0.15) is 59.9 Å². The van der Waals surface area contributed by atoms with Crippen molar-refractivity contribution in [1.29, 1.82) is 0 Å². The van der Waals surface area contributed by atoms with Gasteiger partial charge in [-0.15, -0.1) is 22.7 Å². The number of nitrogens with one attached hydrogen (secondary N) is 2. The molecule has 138 valence electrons. The van der Waals surface area contributed by atoms with Crippen molar-refractivity contribution < 1.29 is 0 Å². The fourth-order valence-corrected chi connectivity index (χ4v) is 4.26. The first-order chi connectivity index (χ1) is 12.0. The summed E-state index contributed by atoms with van der Waals surface area (Å²) in [6, 6.07) is 0. The highest BCUT2D eigenvalue weighted by Crippen LogP contribution is 2.19. The molecule has 0 atom stereocenters. The molecule has 2 rings (SSSR count). The molecule has 0 fully saturated rings. The fraction of sp³-hybridized carbons (Fsp3) is 0.611. The summed E-state index contributed by atoms with van der Waals surface area (Å²) in [6.07, 6.45) is 1.93. The normalized spacial score (nSPS) is 12.0. The van der Waals surface area contributed by atoms with Crippen LogP contribution in [0, 0.1) is 6.92 Å². The molecule has 0 unspecified atom stereocenters. The second kappa shape index (κ2) is 9.87. The summed E-state index contributed by atoms with van der Waals surface area (Å²) in [4.78, 5) is 15.3. The van der Waals surface area contributed by atoms with Crippen LogP contribution in [0.25, 0.3) is 0 Å². The summed E-state index contributed by atoms with van der Waals surface area (Å²) in [7, 11) is 0. The minimum Gasteiger partial charge on any atom is -0.357 e. The zero-order valence-corrected chi connectivity index (χ0v) is 17.5. The van der Waals surface area contributed by atoms with Gasteiger partial charge in [-0.2, -0.15) is 0 Å². The lowest BCUT2D eigenvalue weighted by Crippen LogP contribution is -2.38. The van der Waals surface area contributed by atoms with Gasteiger partial charge in [0, 0.05) is 29.8 Å². The molecule has 0 aromatic carbocycles. The predicted octanol–water partition coefficient (Wildman–Crippen LogP) is 3.89. The minimum absolute atomic E-state index is 0.468. The number of guanidine groups is 1. The van der Waals surface area contributed by atoms with Gasteiger partial charge < -0.3 is 10.6 Å². The molecule has 0 amide bonds. The van der Waals surface area contributed by atoms with Gasteiger partial charge in [0.1, 0.15) is 5.01 Å².